The lowest BCUT2D eigenvalue weighted by atomic mass is 10.2. The average Bonchev–Trinajstić information content (AvgIpc) is 2.86. The van der Waals surface area contributed by atoms with Gasteiger partial charge in [-0.2, -0.15) is 0 Å². The van der Waals surface area contributed by atoms with E-state index in [9.17, 15) is 0 Å². The van der Waals surface area contributed by atoms with Crippen LogP contribution in [0.5, 0.6) is 0 Å². The molecule has 2 aromatic rings. The van der Waals surface area contributed by atoms with Gasteiger partial charge in [-0.3, -0.25) is 4.40 Å². The third-order valence-electron chi connectivity index (χ3n) is 2.74. The first kappa shape index (κ1) is 10.3. The van der Waals surface area contributed by atoms with Gasteiger partial charge in [0.2, 0.25) is 5.79 Å². The van der Waals surface area contributed by atoms with Crippen LogP contribution in [0.15, 0.2) is 29.0 Å². The monoisotopic (exact) mass is 282 g/mol. The molecule has 0 spiro atoms. The Morgan fingerprint density at radius 2 is 2.12 bits per heavy atom. The Kier molecular flexibility index (Phi) is 2.27. The SMILES string of the molecule is CC1(c2nc3ccccn3c2Br)OCCO1. The summed E-state index contributed by atoms with van der Waals surface area (Å²) in [5.41, 5.74) is 1.67. The molecule has 0 atom stereocenters. The smallest absolute Gasteiger partial charge is 0.212 e. The van der Waals surface area contributed by atoms with Crippen molar-refractivity contribution in [1.29, 1.82) is 0 Å². The van der Waals surface area contributed by atoms with Crippen LogP contribution in [0, 0.1) is 0 Å². The quantitative estimate of drug-likeness (QED) is 0.805. The van der Waals surface area contributed by atoms with E-state index in [0.29, 0.717) is 13.2 Å². The number of ether oxygens (including phenoxy) is 2. The molecule has 0 aliphatic carbocycles. The Hall–Kier alpha value is -0.910. The first-order valence-corrected chi connectivity index (χ1v) is 5.91. The van der Waals surface area contributed by atoms with Crippen molar-refractivity contribution in [2.24, 2.45) is 0 Å². The Labute approximate surface area is 101 Å². The molecule has 2 aromatic heterocycles. The molecule has 4 nitrogen and oxygen atoms in total. The summed E-state index contributed by atoms with van der Waals surface area (Å²) in [6, 6.07) is 5.87. The van der Waals surface area contributed by atoms with Gasteiger partial charge in [-0.15, -0.1) is 0 Å². The molecular formula is C11H11BrN2O2. The lowest BCUT2D eigenvalue weighted by Crippen LogP contribution is -2.23. The van der Waals surface area contributed by atoms with Crippen LogP contribution in [-0.4, -0.2) is 22.6 Å². The Morgan fingerprint density at radius 1 is 1.38 bits per heavy atom. The minimum absolute atomic E-state index is 0.608. The van der Waals surface area contributed by atoms with E-state index >= 15 is 0 Å². The van der Waals surface area contributed by atoms with E-state index < -0.39 is 5.79 Å². The molecule has 0 amide bonds. The Bertz CT molecular complexity index is 532. The number of hydrogen-bond acceptors (Lipinski definition) is 3. The van der Waals surface area contributed by atoms with Gasteiger partial charge in [0.05, 0.1) is 13.2 Å². The number of halogens is 1. The maximum absolute atomic E-state index is 5.61. The molecule has 0 unspecified atom stereocenters. The summed E-state index contributed by atoms with van der Waals surface area (Å²) < 4.78 is 14.1. The molecule has 84 valence electrons. The molecule has 0 bridgehead atoms. The van der Waals surface area contributed by atoms with Gasteiger partial charge in [-0.05, 0) is 35.0 Å². The summed E-state index contributed by atoms with van der Waals surface area (Å²) in [7, 11) is 0. The van der Waals surface area contributed by atoms with E-state index in [0.717, 1.165) is 15.9 Å². The van der Waals surface area contributed by atoms with Crippen LogP contribution in [0.3, 0.4) is 0 Å². The van der Waals surface area contributed by atoms with Gasteiger partial charge in [0, 0.05) is 6.20 Å². The van der Waals surface area contributed by atoms with Crippen molar-refractivity contribution in [3.63, 3.8) is 0 Å². The highest BCUT2D eigenvalue weighted by Crippen LogP contribution is 2.35. The maximum atomic E-state index is 5.61. The van der Waals surface area contributed by atoms with Crippen molar-refractivity contribution in [3.05, 3.63) is 34.7 Å². The van der Waals surface area contributed by atoms with Gasteiger partial charge in [-0.1, -0.05) is 6.07 Å². The van der Waals surface area contributed by atoms with Gasteiger partial charge in [0.25, 0.3) is 0 Å². The standard InChI is InChI=1S/C11H11BrN2O2/c1-11(15-6-7-16-11)9-10(12)14-5-3-2-4-8(14)13-9/h2-5H,6-7H2,1H3. The summed E-state index contributed by atoms with van der Waals surface area (Å²) in [5, 5.41) is 0. The van der Waals surface area contributed by atoms with Crippen molar-refractivity contribution in [1.82, 2.24) is 9.38 Å². The van der Waals surface area contributed by atoms with Crippen LogP contribution in [0.2, 0.25) is 0 Å². The van der Waals surface area contributed by atoms with Crippen molar-refractivity contribution in [2.45, 2.75) is 12.7 Å². The predicted octanol–water partition coefficient (Wildman–Crippen LogP) is 2.32. The predicted molar refractivity (Wildman–Crippen MR) is 62.1 cm³/mol. The second-order valence-corrected chi connectivity index (χ2v) is 4.57. The van der Waals surface area contributed by atoms with Crippen LogP contribution in [0.1, 0.15) is 12.6 Å². The van der Waals surface area contributed by atoms with Gasteiger partial charge in [-0.25, -0.2) is 4.98 Å². The highest BCUT2D eigenvalue weighted by atomic mass is 79.9. The van der Waals surface area contributed by atoms with E-state index in [1.807, 2.05) is 35.7 Å². The molecule has 1 fully saturated rings. The molecule has 16 heavy (non-hydrogen) atoms. The average molecular weight is 283 g/mol. The molecular weight excluding hydrogens is 272 g/mol. The summed E-state index contributed by atoms with van der Waals surface area (Å²) in [5.74, 6) is -0.731. The Balaban J connectivity index is 2.20. The number of pyridine rings is 1. The largest absolute Gasteiger partial charge is 0.342 e. The lowest BCUT2D eigenvalue weighted by Gasteiger charge is -2.19. The second-order valence-electron chi connectivity index (χ2n) is 3.82. The van der Waals surface area contributed by atoms with Crippen LogP contribution < -0.4 is 0 Å². The fraction of sp³-hybridized carbons (Fsp3) is 0.364. The van der Waals surface area contributed by atoms with E-state index in [1.165, 1.54) is 0 Å². The third kappa shape index (κ3) is 1.39. The summed E-state index contributed by atoms with van der Waals surface area (Å²) >= 11 is 3.54. The van der Waals surface area contributed by atoms with Gasteiger partial charge < -0.3 is 9.47 Å². The zero-order valence-electron chi connectivity index (χ0n) is 8.81. The Morgan fingerprint density at radius 3 is 2.81 bits per heavy atom. The fourth-order valence-corrected chi connectivity index (χ4v) is 2.65. The molecule has 5 heteroatoms. The second kappa shape index (κ2) is 3.55. The van der Waals surface area contributed by atoms with E-state index in [1.54, 1.807) is 0 Å². The van der Waals surface area contributed by atoms with Crippen molar-refractivity contribution in [2.75, 3.05) is 13.2 Å². The number of fused-ring (bicyclic) bond motifs is 1. The van der Waals surface area contributed by atoms with Crippen LogP contribution in [0.25, 0.3) is 5.65 Å². The number of rotatable bonds is 1. The first-order chi connectivity index (χ1) is 7.71. The van der Waals surface area contributed by atoms with Crippen molar-refractivity contribution < 1.29 is 9.47 Å². The number of nitrogens with zero attached hydrogens (tertiary/aromatic N) is 2. The highest BCUT2D eigenvalue weighted by molar-refractivity contribution is 9.10. The highest BCUT2D eigenvalue weighted by Gasteiger charge is 2.38. The zero-order chi connectivity index (χ0) is 11.2. The van der Waals surface area contributed by atoms with Crippen LogP contribution in [0.4, 0.5) is 0 Å². The molecule has 0 saturated carbocycles. The molecule has 0 N–H and O–H groups in total. The van der Waals surface area contributed by atoms with Crippen molar-refractivity contribution >= 4 is 21.6 Å². The molecule has 3 heterocycles. The molecule has 1 aliphatic rings. The maximum Gasteiger partial charge on any atom is 0.212 e. The topological polar surface area (TPSA) is 35.8 Å². The lowest BCUT2D eigenvalue weighted by molar-refractivity contribution is -0.153. The van der Waals surface area contributed by atoms with Gasteiger partial charge in [0.1, 0.15) is 15.9 Å². The molecule has 3 rings (SSSR count). The zero-order valence-corrected chi connectivity index (χ0v) is 10.4. The normalized spacial score (nSPS) is 19.4. The third-order valence-corrected chi connectivity index (χ3v) is 3.50. The minimum atomic E-state index is -0.731. The van der Waals surface area contributed by atoms with Gasteiger partial charge >= 0.3 is 0 Å². The van der Waals surface area contributed by atoms with Crippen LogP contribution in [-0.2, 0) is 15.3 Å². The molecule has 1 saturated heterocycles. The minimum Gasteiger partial charge on any atom is -0.342 e. The van der Waals surface area contributed by atoms with E-state index in [4.69, 9.17) is 9.47 Å². The first-order valence-electron chi connectivity index (χ1n) is 5.12. The fourth-order valence-electron chi connectivity index (χ4n) is 1.91. The molecule has 0 aromatic carbocycles. The molecule has 1 aliphatic heterocycles. The molecule has 0 radical (unpaired) electrons. The van der Waals surface area contributed by atoms with Crippen LogP contribution >= 0.6 is 15.9 Å². The van der Waals surface area contributed by atoms with Gasteiger partial charge in [0.15, 0.2) is 0 Å². The number of imidazole rings is 1. The summed E-state index contributed by atoms with van der Waals surface area (Å²) in [6.07, 6.45) is 1.95. The summed E-state index contributed by atoms with van der Waals surface area (Å²) in [6.45, 7) is 3.11. The summed E-state index contributed by atoms with van der Waals surface area (Å²) in [4.78, 5) is 4.53. The number of hydrogen-bond donors (Lipinski definition) is 0. The van der Waals surface area contributed by atoms with E-state index in [2.05, 4.69) is 20.9 Å². The number of aromatic nitrogens is 2. The van der Waals surface area contributed by atoms with E-state index in [-0.39, 0.29) is 0 Å². The van der Waals surface area contributed by atoms with Crippen molar-refractivity contribution in [3.8, 4) is 0 Å².